The highest BCUT2D eigenvalue weighted by molar-refractivity contribution is 5.74. The second-order valence-corrected chi connectivity index (χ2v) is 6.73. The van der Waals surface area contributed by atoms with Gasteiger partial charge in [0.05, 0.1) is 12.2 Å². The van der Waals surface area contributed by atoms with E-state index in [0.29, 0.717) is 0 Å². The standard InChI is InChI=1S/C21H19N7/c1-14-8-9-17-21(24-14)27(16-6-4-3-5-7-16)20(26-17)15(2)25-19-10-12-22-18-11-13-23-28(18)19/h3-13,15,25H,1-2H3. The van der Waals surface area contributed by atoms with Crippen LogP contribution >= 0.6 is 0 Å². The van der Waals surface area contributed by atoms with Crippen LogP contribution in [0.1, 0.15) is 24.5 Å². The van der Waals surface area contributed by atoms with Crippen LogP contribution < -0.4 is 5.32 Å². The minimum Gasteiger partial charge on any atom is -0.360 e. The SMILES string of the molecule is Cc1ccc2nc(C(C)Nc3ccnc4ccnn34)n(-c3ccccc3)c2n1. The minimum atomic E-state index is -0.0792. The number of pyridine rings is 1. The van der Waals surface area contributed by atoms with Crippen molar-refractivity contribution in [3.8, 4) is 5.69 Å². The molecule has 4 aromatic heterocycles. The number of rotatable bonds is 4. The van der Waals surface area contributed by atoms with E-state index < -0.39 is 0 Å². The lowest BCUT2D eigenvalue weighted by Crippen LogP contribution is -2.15. The van der Waals surface area contributed by atoms with Gasteiger partial charge in [-0.15, -0.1) is 0 Å². The molecule has 0 saturated carbocycles. The second kappa shape index (κ2) is 6.45. The first kappa shape index (κ1) is 16.4. The smallest absolute Gasteiger partial charge is 0.164 e. The summed E-state index contributed by atoms with van der Waals surface area (Å²) in [6.07, 6.45) is 3.52. The Morgan fingerprint density at radius 2 is 1.79 bits per heavy atom. The molecule has 7 nitrogen and oxygen atoms in total. The van der Waals surface area contributed by atoms with E-state index in [2.05, 4.69) is 39.0 Å². The van der Waals surface area contributed by atoms with Gasteiger partial charge in [0.1, 0.15) is 17.2 Å². The summed E-state index contributed by atoms with van der Waals surface area (Å²) < 4.78 is 3.90. The van der Waals surface area contributed by atoms with Gasteiger partial charge in [0.2, 0.25) is 0 Å². The fraction of sp³-hybridized carbons (Fsp3) is 0.143. The molecule has 1 unspecified atom stereocenters. The van der Waals surface area contributed by atoms with Crippen LogP contribution in [0.4, 0.5) is 5.82 Å². The van der Waals surface area contributed by atoms with Crippen LogP contribution in [0.3, 0.4) is 0 Å². The normalized spacial score (nSPS) is 12.5. The van der Waals surface area contributed by atoms with E-state index in [1.54, 1.807) is 16.9 Å². The monoisotopic (exact) mass is 369 g/mol. The van der Waals surface area contributed by atoms with Crippen molar-refractivity contribution in [2.24, 2.45) is 0 Å². The topological polar surface area (TPSA) is 72.9 Å². The summed E-state index contributed by atoms with van der Waals surface area (Å²) in [6, 6.07) is 17.9. The highest BCUT2D eigenvalue weighted by Crippen LogP contribution is 2.26. The lowest BCUT2D eigenvalue weighted by atomic mass is 10.2. The van der Waals surface area contributed by atoms with E-state index >= 15 is 0 Å². The Morgan fingerprint density at radius 3 is 2.64 bits per heavy atom. The Hall–Kier alpha value is -3.74. The Kier molecular flexibility index (Phi) is 3.79. The van der Waals surface area contributed by atoms with Gasteiger partial charge in [-0.1, -0.05) is 18.2 Å². The van der Waals surface area contributed by atoms with Crippen LogP contribution in [-0.4, -0.2) is 29.1 Å². The number of fused-ring (bicyclic) bond motifs is 2. The third-order valence-electron chi connectivity index (χ3n) is 4.73. The molecule has 0 aliphatic heterocycles. The third-order valence-corrected chi connectivity index (χ3v) is 4.73. The number of nitrogens with one attached hydrogen (secondary N) is 1. The molecular weight excluding hydrogens is 350 g/mol. The van der Waals surface area contributed by atoms with Crippen molar-refractivity contribution in [3.05, 3.63) is 78.5 Å². The maximum atomic E-state index is 4.89. The molecule has 0 spiro atoms. The summed E-state index contributed by atoms with van der Waals surface area (Å²) in [4.78, 5) is 14.0. The maximum absolute atomic E-state index is 4.89. The number of imidazole rings is 1. The van der Waals surface area contributed by atoms with Crippen molar-refractivity contribution in [1.82, 2.24) is 29.1 Å². The van der Waals surface area contributed by atoms with E-state index in [4.69, 9.17) is 9.97 Å². The van der Waals surface area contributed by atoms with E-state index in [9.17, 15) is 0 Å². The molecule has 5 aromatic rings. The van der Waals surface area contributed by atoms with Crippen molar-refractivity contribution in [3.63, 3.8) is 0 Å². The first-order chi connectivity index (χ1) is 13.7. The number of nitrogens with zero attached hydrogens (tertiary/aromatic N) is 6. The maximum Gasteiger partial charge on any atom is 0.164 e. The zero-order valence-electron chi connectivity index (χ0n) is 15.6. The van der Waals surface area contributed by atoms with Crippen molar-refractivity contribution >= 4 is 22.6 Å². The first-order valence-electron chi connectivity index (χ1n) is 9.17. The molecule has 7 heteroatoms. The molecule has 138 valence electrons. The average Bonchev–Trinajstić information content (AvgIpc) is 3.33. The number of hydrogen-bond donors (Lipinski definition) is 1. The molecule has 0 saturated heterocycles. The summed E-state index contributed by atoms with van der Waals surface area (Å²) in [6.45, 7) is 4.08. The first-order valence-corrected chi connectivity index (χ1v) is 9.17. The molecule has 0 radical (unpaired) electrons. The third kappa shape index (κ3) is 2.68. The van der Waals surface area contributed by atoms with E-state index in [1.165, 1.54) is 0 Å². The van der Waals surface area contributed by atoms with Gasteiger partial charge in [-0.25, -0.2) is 15.0 Å². The van der Waals surface area contributed by atoms with Gasteiger partial charge in [-0.05, 0) is 44.2 Å². The van der Waals surface area contributed by atoms with Gasteiger partial charge in [-0.2, -0.15) is 9.61 Å². The summed E-state index contributed by atoms with van der Waals surface area (Å²) in [7, 11) is 0. The van der Waals surface area contributed by atoms with Gasteiger partial charge >= 0.3 is 0 Å². The number of aryl methyl sites for hydroxylation is 1. The van der Waals surface area contributed by atoms with Crippen LogP contribution in [0.2, 0.25) is 0 Å². The molecule has 4 heterocycles. The van der Waals surface area contributed by atoms with Crippen LogP contribution in [-0.2, 0) is 0 Å². The lowest BCUT2D eigenvalue weighted by molar-refractivity contribution is 0.756. The fourth-order valence-electron chi connectivity index (χ4n) is 3.42. The van der Waals surface area contributed by atoms with Crippen LogP contribution in [0.15, 0.2) is 67.0 Å². The Labute approximate surface area is 161 Å². The molecule has 5 rings (SSSR count). The van der Waals surface area contributed by atoms with Crippen LogP contribution in [0, 0.1) is 6.92 Å². The number of aromatic nitrogens is 6. The van der Waals surface area contributed by atoms with E-state index in [1.807, 2.05) is 49.4 Å². The van der Waals surface area contributed by atoms with Gasteiger partial charge in [0.15, 0.2) is 11.3 Å². The minimum absolute atomic E-state index is 0.0792. The molecule has 0 bridgehead atoms. The van der Waals surface area contributed by atoms with Gasteiger partial charge in [0.25, 0.3) is 0 Å². The molecule has 0 amide bonds. The molecule has 1 aromatic carbocycles. The highest BCUT2D eigenvalue weighted by Gasteiger charge is 2.20. The quantitative estimate of drug-likeness (QED) is 0.519. The Bertz CT molecular complexity index is 1270. The largest absolute Gasteiger partial charge is 0.360 e. The van der Waals surface area contributed by atoms with Crippen molar-refractivity contribution in [2.75, 3.05) is 5.32 Å². The summed E-state index contributed by atoms with van der Waals surface area (Å²) >= 11 is 0. The molecule has 0 aliphatic rings. The number of para-hydroxylation sites is 1. The average molecular weight is 369 g/mol. The lowest BCUT2D eigenvalue weighted by Gasteiger charge is -2.17. The Morgan fingerprint density at radius 1 is 0.929 bits per heavy atom. The fourth-order valence-corrected chi connectivity index (χ4v) is 3.42. The van der Waals surface area contributed by atoms with E-state index in [-0.39, 0.29) is 6.04 Å². The number of hydrogen-bond acceptors (Lipinski definition) is 5. The van der Waals surface area contributed by atoms with Gasteiger partial charge in [-0.3, -0.25) is 4.57 Å². The van der Waals surface area contributed by atoms with Crippen LogP contribution in [0.5, 0.6) is 0 Å². The Balaban J connectivity index is 1.64. The molecule has 28 heavy (non-hydrogen) atoms. The summed E-state index contributed by atoms with van der Waals surface area (Å²) in [5.41, 5.74) is 4.52. The van der Waals surface area contributed by atoms with E-state index in [0.717, 1.165) is 39.8 Å². The van der Waals surface area contributed by atoms with Crippen molar-refractivity contribution in [1.29, 1.82) is 0 Å². The highest BCUT2D eigenvalue weighted by atomic mass is 15.3. The number of benzene rings is 1. The number of anilines is 1. The molecule has 1 atom stereocenters. The molecular formula is C21H19N7. The summed E-state index contributed by atoms with van der Waals surface area (Å²) in [5, 5.41) is 7.87. The molecule has 1 N–H and O–H groups in total. The zero-order valence-corrected chi connectivity index (χ0v) is 15.6. The van der Waals surface area contributed by atoms with Crippen molar-refractivity contribution in [2.45, 2.75) is 19.9 Å². The molecule has 0 fully saturated rings. The predicted octanol–water partition coefficient (Wildman–Crippen LogP) is 3.94. The summed E-state index contributed by atoms with van der Waals surface area (Å²) in [5.74, 6) is 1.75. The zero-order chi connectivity index (χ0) is 19.1. The van der Waals surface area contributed by atoms with Gasteiger partial charge in [0, 0.05) is 23.6 Å². The van der Waals surface area contributed by atoms with Crippen LogP contribution in [0.25, 0.3) is 22.5 Å². The molecule has 0 aliphatic carbocycles. The van der Waals surface area contributed by atoms with Gasteiger partial charge < -0.3 is 5.32 Å². The second-order valence-electron chi connectivity index (χ2n) is 6.73. The van der Waals surface area contributed by atoms with Crippen molar-refractivity contribution < 1.29 is 0 Å². The predicted molar refractivity (Wildman–Crippen MR) is 109 cm³/mol.